The Morgan fingerprint density at radius 2 is 2.05 bits per heavy atom. The zero-order valence-electron chi connectivity index (χ0n) is 10.7. The predicted molar refractivity (Wildman–Crippen MR) is 79.2 cm³/mol. The number of rotatable bonds is 6. The topological polar surface area (TPSA) is 41.5 Å². The smallest absolute Gasteiger partial charge is 0.0945 e. The van der Waals surface area contributed by atoms with Gasteiger partial charge in [0.2, 0.25) is 0 Å². The standard InChI is InChI=1S/C14H19Cl2NO2/c15-10-5-6-14(13(16)7-10)17-8-11(18)9-19-12-3-1-2-4-12/h5-7,11-12,17-18H,1-4,8-9H2. The van der Waals surface area contributed by atoms with Crippen molar-refractivity contribution in [3.05, 3.63) is 28.2 Å². The average Bonchev–Trinajstić information content (AvgIpc) is 2.88. The number of nitrogens with one attached hydrogen (secondary N) is 1. The Hall–Kier alpha value is -0.480. The van der Waals surface area contributed by atoms with E-state index in [9.17, 15) is 5.11 Å². The van der Waals surface area contributed by atoms with Crippen LogP contribution >= 0.6 is 23.2 Å². The summed E-state index contributed by atoms with van der Waals surface area (Å²) in [7, 11) is 0. The molecule has 1 aliphatic carbocycles. The Morgan fingerprint density at radius 1 is 1.32 bits per heavy atom. The molecule has 0 radical (unpaired) electrons. The fraction of sp³-hybridized carbons (Fsp3) is 0.571. The summed E-state index contributed by atoms with van der Waals surface area (Å²) in [5.41, 5.74) is 0.769. The van der Waals surface area contributed by atoms with Gasteiger partial charge in [0.05, 0.1) is 29.5 Å². The Kier molecular flexibility index (Phi) is 5.76. The van der Waals surface area contributed by atoms with E-state index in [1.807, 2.05) is 0 Å². The van der Waals surface area contributed by atoms with Crippen molar-refractivity contribution in [3.63, 3.8) is 0 Å². The van der Waals surface area contributed by atoms with Crippen LogP contribution in [0.4, 0.5) is 5.69 Å². The molecule has 106 valence electrons. The van der Waals surface area contributed by atoms with Crippen molar-refractivity contribution < 1.29 is 9.84 Å². The fourth-order valence-corrected chi connectivity index (χ4v) is 2.70. The van der Waals surface area contributed by atoms with Gasteiger partial charge < -0.3 is 15.2 Å². The van der Waals surface area contributed by atoms with E-state index < -0.39 is 6.10 Å². The van der Waals surface area contributed by atoms with Crippen molar-refractivity contribution in [3.8, 4) is 0 Å². The highest BCUT2D eigenvalue weighted by Crippen LogP contribution is 2.25. The van der Waals surface area contributed by atoms with Crippen LogP contribution in [0.25, 0.3) is 0 Å². The first-order valence-electron chi connectivity index (χ1n) is 6.64. The summed E-state index contributed by atoms with van der Waals surface area (Å²) in [5, 5.41) is 14.1. The number of hydrogen-bond acceptors (Lipinski definition) is 3. The normalized spacial score (nSPS) is 17.6. The van der Waals surface area contributed by atoms with Gasteiger partial charge in [-0.05, 0) is 31.0 Å². The Labute approximate surface area is 123 Å². The van der Waals surface area contributed by atoms with Gasteiger partial charge >= 0.3 is 0 Å². The molecule has 1 saturated carbocycles. The van der Waals surface area contributed by atoms with E-state index in [0.717, 1.165) is 18.5 Å². The van der Waals surface area contributed by atoms with Crippen LogP contribution in [0, 0.1) is 0 Å². The first-order chi connectivity index (χ1) is 9.15. The Morgan fingerprint density at radius 3 is 2.74 bits per heavy atom. The van der Waals surface area contributed by atoms with Gasteiger partial charge in [0.15, 0.2) is 0 Å². The van der Waals surface area contributed by atoms with Crippen molar-refractivity contribution >= 4 is 28.9 Å². The van der Waals surface area contributed by atoms with Gasteiger partial charge in [0.1, 0.15) is 0 Å². The van der Waals surface area contributed by atoms with E-state index >= 15 is 0 Å². The number of hydrogen-bond donors (Lipinski definition) is 2. The van der Waals surface area contributed by atoms with E-state index in [-0.39, 0.29) is 0 Å². The minimum atomic E-state index is -0.535. The monoisotopic (exact) mass is 303 g/mol. The largest absolute Gasteiger partial charge is 0.389 e. The molecule has 19 heavy (non-hydrogen) atoms. The van der Waals surface area contributed by atoms with E-state index in [4.69, 9.17) is 27.9 Å². The van der Waals surface area contributed by atoms with Crippen LogP contribution in [0.2, 0.25) is 10.0 Å². The molecule has 5 heteroatoms. The number of ether oxygens (including phenoxy) is 1. The maximum atomic E-state index is 9.86. The molecule has 0 heterocycles. The van der Waals surface area contributed by atoms with Crippen LogP contribution in [0.15, 0.2) is 18.2 Å². The van der Waals surface area contributed by atoms with Crippen molar-refractivity contribution in [1.82, 2.24) is 0 Å². The number of benzene rings is 1. The molecule has 2 rings (SSSR count). The number of halogens is 2. The zero-order chi connectivity index (χ0) is 13.7. The van der Waals surface area contributed by atoms with Crippen molar-refractivity contribution in [1.29, 1.82) is 0 Å². The summed E-state index contributed by atoms with van der Waals surface area (Å²) < 4.78 is 5.66. The highest BCUT2D eigenvalue weighted by Gasteiger charge is 2.16. The molecule has 1 unspecified atom stereocenters. The molecule has 1 aromatic carbocycles. The summed E-state index contributed by atoms with van der Waals surface area (Å²) in [5.74, 6) is 0. The van der Waals surface area contributed by atoms with Gasteiger partial charge in [-0.2, -0.15) is 0 Å². The molecular formula is C14H19Cl2NO2. The third kappa shape index (κ3) is 4.84. The van der Waals surface area contributed by atoms with Gasteiger partial charge in [0, 0.05) is 11.6 Å². The van der Waals surface area contributed by atoms with Gasteiger partial charge in [0.25, 0.3) is 0 Å². The molecule has 0 bridgehead atoms. The second kappa shape index (κ2) is 7.34. The van der Waals surface area contributed by atoms with Crippen LogP contribution in [-0.2, 0) is 4.74 Å². The minimum absolute atomic E-state index is 0.328. The molecule has 2 N–H and O–H groups in total. The average molecular weight is 304 g/mol. The second-order valence-electron chi connectivity index (χ2n) is 4.90. The van der Waals surface area contributed by atoms with Crippen LogP contribution in [-0.4, -0.2) is 30.5 Å². The minimum Gasteiger partial charge on any atom is -0.389 e. The van der Waals surface area contributed by atoms with Gasteiger partial charge in [-0.15, -0.1) is 0 Å². The summed E-state index contributed by atoms with van der Waals surface area (Å²) >= 11 is 11.9. The fourth-order valence-electron chi connectivity index (χ4n) is 2.22. The molecule has 1 aromatic rings. The van der Waals surface area contributed by atoms with E-state index in [0.29, 0.717) is 29.3 Å². The van der Waals surface area contributed by atoms with Crippen LogP contribution in [0.3, 0.4) is 0 Å². The third-order valence-electron chi connectivity index (χ3n) is 3.29. The van der Waals surface area contributed by atoms with Crippen LogP contribution in [0.5, 0.6) is 0 Å². The van der Waals surface area contributed by atoms with E-state index in [2.05, 4.69) is 5.32 Å². The Balaban J connectivity index is 1.71. The lowest BCUT2D eigenvalue weighted by atomic mass is 10.3. The van der Waals surface area contributed by atoms with Crippen molar-refractivity contribution in [2.24, 2.45) is 0 Å². The molecule has 0 amide bonds. The lowest BCUT2D eigenvalue weighted by Gasteiger charge is -2.17. The lowest BCUT2D eigenvalue weighted by molar-refractivity contribution is -0.00117. The Bertz CT molecular complexity index is 408. The molecule has 3 nitrogen and oxygen atoms in total. The molecule has 0 aliphatic heterocycles. The molecule has 0 aromatic heterocycles. The molecule has 1 aliphatic rings. The first-order valence-corrected chi connectivity index (χ1v) is 7.39. The molecule has 0 saturated heterocycles. The lowest BCUT2D eigenvalue weighted by Crippen LogP contribution is -2.27. The maximum absolute atomic E-state index is 9.86. The molecular weight excluding hydrogens is 285 g/mol. The third-order valence-corrected chi connectivity index (χ3v) is 3.83. The van der Waals surface area contributed by atoms with Gasteiger partial charge in [-0.3, -0.25) is 0 Å². The zero-order valence-corrected chi connectivity index (χ0v) is 12.3. The molecule has 1 fully saturated rings. The number of aliphatic hydroxyl groups excluding tert-OH is 1. The highest BCUT2D eigenvalue weighted by molar-refractivity contribution is 6.36. The van der Waals surface area contributed by atoms with Crippen LogP contribution in [0.1, 0.15) is 25.7 Å². The van der Waals surface area contributed by atoms with E-state index in [1.54, 1.807) is 18.2 Å². The summed E-state index contributed by atoms with van der Waals surface area (Å²) in [4.78, 5) is 0. The quantitative estimate of drug-likeness (QED) is 0.841. The van der Waals surface area contributed by atoms with Crippen molar-refractivity contribution in [2.75, 3.05) is 18.5 Å². The van der Waals surface area contributed by atoms with Crippen LogP contribution < -0.4 is 5.32 Å². The number of aliphatic hydroxyl groups is 1. The number of anilines is 1. The predicted octanol–water partition coefficient (Wildman–Crippen LogP) is 3.73. The maximum Gasteiger partial charge on any atom is 0.0945 e. The molecule has 1 atom stereocenters. The molecule has 0 spiro atoms. The van der Waals surface area contributed by atoms with Gasteiger partial charge in [-0.25, -0.2) is 0 Å². The summed E-state index contributed by atoms with van der Waals surface area (Å²) in [6, 6.07) is 5.24. The first kappa shape index (κ1) is 14.9. The second-order valence-corrected chi connectivity index (χ2v) is 5.74. The van der Waals surface area contributed by atoms with E-state index in [1.165, 1.54) is 12.8 Å². The van der Waals surface area contributed by atoms with Crippen molar-refractivity contribution in [2.45, 2.75) is 37.9 Å². The summed E-state index contributed by atoms with van der Waals surface area (Å²) in [6.45, 7) is 0.775. The SMILES string of the molecule is OC(CNc1ccc(Cl)cc1Cl)COC1CCCC1. The van der Waals surface area contributed by atoms with Gasteiger partial charge in [-0.1, -0.05) is 36.0 Å². The highest BCUT2D eigenvalue weighted by atomic mass is 35.5. The summed E-state index contributed by atoms with van der Waals surface area (Å²) in [6.07, 6.45) is 4.49.